The Morgan fingerprint density at radius 1 is 1.04 bits per heavy atom. The Morgan fingerprint density at radius 3 is 2.32 bits per heavy atom. The number of halogens is 1. The summed E-state index contributed by atoms with van der Waals surface area (Å²) >= 11 is 0. The number of rotatable bonds is 6. The number of hydrogen-bond donors (Lipinski definition) is 1. The Hall–Kier alpha value is -1.96. The van der Waals surface area contributed by atoms with E-state index in [-0.39, 0.29) is 30.1 Å². The lowest BCUT2D eigenvalue weighted by molar-refractivity contribution is 0.129. The van der Waals surface area contributed by atoms with E-state index in [4.69, 9.17) is 9.47 Å². The van der Waals surface area contributed by atoms with Crippen molar-refractivity contribution in [3.05, 3.63) is 60.2 Å². The first-order valence-corrected chi connectivity index (χ1v) is 9.58. The minimum atomic E-state index is 0. The zero-order valence-electron chi connectivity index (χ0n) is 16.6. The molecule has 3 rings (SSSR count). The number of ether oxygens (including phenoxy) is 2. The summed E-state index contributed by atoms with van der Waals surface area (Å²) in [5, 5.41) is 3.48. The summed E-state index contributed by atoms with van der Waals surface area (Å²) in [5.74, 6) is 2.82. The predicted octanol–water partition coefficient (Wildman–Crippen LogP) is 3.97. The maximum atomic E-state index is 6.08. The summed E-state index contributed by atoms with van der Waals surface area (Å²) in [5.41, 5.74) is 1.29. The van der Waals surface area contributed by atoms with E-state index in [1.807, 2.05) is 49.5 Å². The summed E-state index contributed by atoms with van der Waals surface area (Å²) in [6.07, 6.45) is 3.25. The van der Waals surface area contributed by atoms with Crippen molar-refractivity contribution >= 4 is 29.9 Å². The highest BCUT2D eigenvalue weighted by atomic mass is 127. The molecule has 0 amide bonds. The highest BCUT2D eigenvalue weighted by Gasteiger charge is 2.22. The largest absolute Gasteiger partial charge is 0.497 e. The van der Waals surface area contributed by atoms with Gasteiger partial charge in [0, 0.05) is 39.5 Å². The lowest BCUT2D eigenvalue weighted by Crippen LogP contribution is -2.47. The van der Waals surface area contributed by atoms with E-state index in [2.05, 4.69) is 27.3 Å². The van der Waals surface area contributed by atoms with E-state index in [1.165, 1.54) is 5.56 Å². The number of benzene rings is 2. The zero-order chi connectivity index (χ0) is 18.9. The average Bonchev–Trinajstić information content (AvgIpc) is 2.73. The van der Waals surface area contributed by atoms with E-state index < -0.39 is 0 Å². The van der Waals surface area contributed by atoms with Crippen LogP contribution in [0.5, 0.6) is 11.5 Å². The van der Waals surface area contributed by atoms with Gasteiger partial charge in [-0.05, 0) is 36.2 Å². The fourth-order valence-electron chi connectivity index (χ4n) is 3.32. The number of piperidine rings is 1. The fraction of sp³-hybridized carbons (Fsp3) is 0.409. The Labute approximate surface area is 185 Å². The summed E-state index contributed by atoms with van der Waals surface area (Å²) in [6, 6.07) is 18.3. The fourth-order valence-corrected chi connectivity index (χ4v) is 3.32. The number of para-hydroxylation sites is 1. The number of methoxy groups -OCH3 is 1. The molecule has 2 aromatic rings. The summed E-state index contributed by atoms with van der Waals surface area (Å²) in [6.45, 7) is 2.78. The molecule has 0 unspecified atom stereocenters. The number of aliphatic imine (C=N–C) groups is 1. The van der Waals surface area contributed by atoms with E-state index in [0.29, 0.717) is 0 Å². The molecule has 1 aliphatic heterocycles. The van der Waals surface area contributed by atoms with Crippen LogP contribution in [0.15, 0.2) is 59.6 Å². The molecule has 1 fully saturated rings. The van der Waals surface area contributed by atoms with Gasteiger partial charge in [0.15, 0.2) is 5.96 Å². The van der Waals surface area contributed by atoms with Crippen LogP contribution in [0.25, 0.3) is 0 Å². The van der Waals surface area contributed by atoms with E-state index in [0.717, 1.165) is 56.4 Å². The van der Waals surface area contributed by atoms with E-state index in [1.54, 1.807) is 7.11 Å². The normalized spacial score (nSPS) is 14.9. The van der Waals surface area contributed by atoms with Gasteiger partial charge in [0.2, 0.25) is 0 Å². The van der Waals surface area contributed by atoms with E-state index >= 15 is 0 Å². The molecule has 1 N–H and O–H groups in total. The van der Waals surface area contributed by atoms with Crippen LogP contribution < -0.4 is 14.8 Å². The molecule has 6 heteroatoms. The van der Waals surface area contributed by atoms with Crippen LogP contribution >= 0.6 is 24.0 Å². The van der Waals surface area contributed by atoms with Gasteiger partial charge in [-0.15, -0.1) is 24.0 Å². The molecule has 0 atom stereocenters. The standard InChI is InChI=1S/C22H29N3O2.HI/c1-23-22(24-15-12-18-8-10-19(26-2)11-9-18)25-16-13-21(14-17-25)27-20-6-4-3-5-7-20;/h3-11,21H,12-17H2,1-2H3,(H,23,24);1H. The van der Waals surface area contributed by atoms with Crippen LogP contribution in [0.3, 0.4) is 0 Å². The van der Waals surface area contributed by atoms with E-state index in [9.17, 15) is 0 Å². The van der Waals surface area contributed by atoms with Gasteiger partial charge < -0.3 is 19.7 Å². The molecular weight excluding hydrogens is 465 g/mol. The second kappa shape index (κ2) is 11.8. The third-order valence-corrected chi connectivity index (χ3v) is 4.86. The van der Waals surface area contributed by atoms with Crippen molar-refractivity contribution in [3.63, 3.8) is 0 Å². The molecule has 0 aliphatic carbocycles. The Kier molecular flexibility index (Phi) is 9.40. The number of nitrogens with zero attached hydrogens (tertiary/aromatic N) is 2. The van der Waals surface area contributed by atoms with Crippen molar-refractivity contribution < 1.29 is 9.47 Å². The Balaban J connectivity index is 0.00000280. The molecule has 0 saturated carbocycles. The summed E-state index contributed by atoms with van der Waals surface area (Å²) in [4.78, 5) is 6.77. The van der Waals surface area contributed by atoms with Gasteiger partial charge in [0.1, 0.15) is 17.6 Å². The SMILES string of the molecule is CN=C(NCCc1ccc(OC)cc1)N1CCC(Oc2ccccc2)CC1.I. The van der Waals surface area contributed by atoms with Crippen LogP contribution in [-0.4, -0.2) is 50.8 Å². The first kappa shape index (κ1) is 22.3. The molecular formula is C22H30IN3O2. The van der Waals surface area contributed by atoms with Gasteiger partial charge in [-0.25, -0.2) is 0 Å². The van der Waals surface area contributed by atoms with Crippen molar-refractivity contribution in [2.75, 3.05) is 33.8 Å². The molecule has 0 bridgehead atoms. The van der Waals surface area contributed by atoms with Gasteiger partial charge in [-0.3, -0.25) is 4.99 Å². The molecule has 1 aliphatic rings. The number of nitrogens with one attached hydrogen (secondary N) is 1. The molecule has 5 nitrogen and oxygen atoms in total. The first-order chi connectivity index (χ1) is 13.3. The molecule has 0 spiro atoms. The third-order valence-electron chi connectivity index (χ3n) is 4.86. The van der Waals surface area contributed by atoms with Gasteiger partial charge in [-0.2, -0.15) is 0 Å². The molecule has 1 saturated heterocycles. The number of hydrogen-bond acceptors (Lipinski definition) is 3. The minimum absolute atomic E-state index is 0. The first-order valence-electron chi connectivity index (χ1n) is 9.58. The van der Waals surface area contributed by atoms with Gasteiger partial charge in [0.25, 0.3) is 0 Å². The second-order valence-corrected chi connectivity index (χ2v) is 6.69. The van der Waals surface area contributed by atoms with Crippen molar-refractivity contribution in [1.82, 2.24) is 10.2 Å². The van der Waals surface area contributed by atoms with Crippen LogP contribution in [0, 0.1) is 0 Å². The molecule has 0 aromatic heterocycles. The molecule has 2 aromatic carbocycles. The molecule has 152 valence electrons. The zero-order valence-corrected chi connectivity index (χ0v) is 19.0. The van der Waals surface area contributed by atoms with Gasteiger partial charge in [-0.1, -0.05) is 30.3 Å². The smallest absolute Gasteiger partial charge is 0.193 e. The van der Waals surface area contributed by atoms with Crippen molar-refractivity contribution in [2.24, 2.45) is 4.99 Å². The Bertz CT molecular complexity index is 714. The van der Waals surface area contributed by atoms with Crippen LogP contribution in [0.4, 0.5) is 0 Å². The maximum absolute atomic E-state index is 6.08. The quantitative estimate of drug-likeness (QED) is 0.374. The second-order valence-electron chi connectivity index (χ2n) is 6.69. The minimum Gasteiger partial charge on any atom is -0.497 e. The lowest BCUT2D eigenvalue weighted by Gasteiger charge is -2.34. The monoisotopic (exact) mass is 495 g/mol. The maximum Gasteiger partial charge on any atom is 0.193 e. The van der Waals surface area contributed by atoms with Crippen LogP contribution in [-0.2, 0) is 6.42 Å². The summed E-state index contributed by atoms with van der Waals surface area (Å²) < 4.78 is 11.3. The van der Waals surface area contributed by atoms with Gasteiger partial charge in [0.05, 0.1) is 7.11 Å². The van der Waals surface area contributed by atoms with Crippen LogP contribution in [0.1, 0.15) is 18.4 Å². The highest BCUT2D eigenvalue weighted by Crippen LogP contribution is 2.18. The molecule has 1 heterocycles. The molecule has 0 radical (unpaired) electrons. The summed E-state index contributed by atoms with van der Waals surface area (Å²) in [7, 11) is 3.54. The third kappa shape index (κ3) is 6.58. The lowest BCUT2D eigenvalue weighted by atomic mass is 10.1. The number of guanidine groups is 1. The van der Waals surface area contributed by atoms with Crippen molar-refractivity contribution in [3.8, 4) is 11.5 Å². The predicted molar refractivity (Wildman–Crippen MR) is 125 cm³/mol. The van der Waals surface area contributed by atoms with Crippen LogP contribution in [0.2, 0.25) is 0 Å². The van der Waals surface area contributed by atoms with Crippen molar-refractivity contribution in [1.29, 1.82) is 0 Å². The Morgan fingerprint density at radius 2 is 1.71 bits per heavy atom. The highest BCUT2D eigenvalue weighted by molar-refractivity contribution is 14.0. The number of likely N-dealkylation sites (tertiary alicyclic amines) is 1. The average molecular weight is 495 g/mol. The van der Waals surface area contributed by atoms with Gasteiger partial charge >= 0.3 is 0 Å². The topological polar surface area (TPSA) is 46.1 Å². The molecule has 28 heavy (non-hydrogen) atoms. The van der Waals surface area contributed by atoms with Crippen molar-refractivity contribution in [2.45, 2.75) is 25.4 Å².